The van der Waals surface area contributed by atoms with Crippen LogP contribution < -0.4 is 15.1 Å². The normalized spacial score (nSPS) is 16.6. The van der Waals surface area contributed by atoms with Gasteiger partial charge in [0.2, 0.25) is 5.89 Å². The molecule has 0 atom stereocenters. The number of hydrogen-bond donors (Lipinski definition) is 1. The number of nitrogens with one attached hydrogen (secondary N) is 1. The molecule has 2 fully saturated rings. The maximum Gasteiger partial charge on any atom is 0.259 e. The van der Waals surface area contributed by atoms with Crippen molar-refractivity contribution >= 4 is 40.3 Å². The fourth-order valence-electron chi connectivity index (χ4n) is 6.84. The molecule has 0 unspecified atom stereocenters. The van der Waals surface area contributed by atoms with Gasteiger partial charge < -0.3 is 24.3 Å². The molecule has 5 aromatic rings. The first-order valence-corrected chi connectivity index (χ1v) is 16.5. The third kappa shape index (κ3) is 5.49. The number of aromatic nitrogens is 2. The Balaban J connectivity index is 1.01. The summed E-state index contributed by atoms with van der Waals surface area (Å²) in [4.78, 5) is 42.0. The Morgan fingerprint density at radius 1 is 1.02 bits per heavy atom. The number of benzene rings is 2. The molecule has 3 aliphatic rings. The van der Waals surface area contributed by atoms with E-state index >= 15 is 0 Å². The Labute approximate surface area is 275 Å². The monoisotopic (exact) mass is 649 g/mol. The van der Waals surface area contributed by atoms with E-state index in [1.54, 1.807) is 47.6 Å². The lowest BCUT2D eigenvalue weighted by Crippen LogP contribution is -2.59. The van der Waals surface area contributed by atoms with E-state index in [-0.39, 0.29) is 17.2 Å². The highest BCUT2D eigenvalue weighted by Gasteiger charge is 2.45. The maximum absolute atomic E-state index is 14.6. The lowest BCUT2D eigenvalue weighted by molar-refractivity contribution is -0.000510. The number of carbonyl (C=O) groups is 2. The summed E-state index contributed by atoms with van der Waals surface area (Å²) in [5, 5.41) is 2.99. The van der Waals surface area contributed by atoms with Crippen molar-refractivity contribution in [2.24, 2.45) is 5.41 Å². The fraction of sp³-hybridized carbons (Fsp3) is 0.278. The van der Waals surface area contributed by atoms with Gasteiger partial charge in [-0.05, 0) is 91.9 Å². The molecule has 1 N–H and O–H groups in total. The number of thiophene rings is 1. The standard InChI is InChI=1S/C36H32FN5O4S/c1-22-16-28(32(39-19-22)41-20-36(21-41)9-13-45-14-10-36)33(43)40-26-5-2-23(3-6-26)35(44)42-12-8-24-17-30(34-38-11-15-46-34)47-31(24)27-7-4-25(37)18-29(27)42/h2-7,11,15-19H,8-10,12-14,20-21H2,1H3,(H,40,43). The molecule has 2 aromatic carbocycles. The van der Waals surface area contributed by atoms with E-state index in [0.29, 0.717) is 47.2 Å². The molecule has 2 saturated heterocycles. The van der Waals surface area contributed by atoms with Crippen LogP contribution in [-0.4, -0.2) is 54.6 Å². The van der Waals surface area contributed by atoms with Crippen LogP contribution >= 0.6 is 11.3 Å². The van der Waals surface area contributed by atoms with Gasteiger partial charge in [-0.25, -0.2) is 14.4 Å². The van der Waals surface area contributed by atoms with Crippen LogP contribution in [0.2, 0.25) is 0 Å². The van der Waals surface area contributed by atoms with Crippen LogP contribution in [0.3, 0.4) is 0 Å². The zero-order valence-corrected chi connectivity index (χ0v) is 26.6. The summed E-state index contributed by atoms with van der Waals surface area (Å²) in [5.41, 5.74) is 5.01. The minimum Gasteiger partial charge on any atom is -0.444 e. The molecule has 0 saturated carbocycles. The second-order valence-electron chi connectivity index (χ2n) is 12.6. The van der Waals surface area contributed by atoms with Gasteiger partial charge in [0.25, 0.3) is 11.8 Å². The summed E-state index contributed by atoms with van der Waals surface area (Å²) in [6.45, 7) is 5.58. The number of fused-ring (bicyclic) bond motifs is 3. The highest BCUT2D eigenvalue weighted by molar-refractivity contribution is 7.19. The number of ether oxygens (including phenoxy) is 1. The second-order valence-corrected chi connectivity index (χ2v) is 13.6. The lowest BCUT2D eigenvalue weighted by Gasteiger charge is -2.53. The van der Waals surface area contributed by atoms with Crippen LogP contribution in [0.25, 0.3) is 21.2 Å². The molecule has 0 bridgehead atoms. The van der Waals surface area contributed by atoms with Gasteiger partial charge in [-0.2, -0.15) is 0 Å². The van der Waals surface area contributed by atoms with Gasteiger partial charge in [-0.1, -0.05) is 0 Å². The van der Waals surface area contributed by atoms with E-state index in [2.05, 4.69) is 20.2 Å². The Morgan fingerprint density at radius 2 is 1.83 bits per heavy atom. The molecule has 238 valence electrons. The first-order chi connectivity index (χ1) is 22.9. The summed E-state index contributed by atoms with van der Waals surface area (Å²) in [6, 6.07) is 15.3. The second kappa shape index (κ2) is 11.7. The minimum atomic E-state index is -0.418. The summed E-state index contributed by atoms with van der Waals surface area (Å²) < 4.78 is 25.7. The van der Waals surface area contributed by atoms with Crippen molar-refractivity contribution in [3.8, 4) is 21.2 Å². The van der Waals surface area contributed by atoms with Gasteiger partial charge in [0.15, 0.2) is 0 Å². The van der Waals surface area contributed by atoms with E-state index in [4.69, 9.17) is 9.15 Å². The van der Waals surface area contributed by atoms with Gasteiger partial charge in [0.1, 0.15) is 17.9 Å². The van der Waals surface area contributed by atoms with Crippen LogP contribution in [-0.2, 0) is 11.2 Å². The topological polar surface area (TPSA) is 101 Å². The number of nitrogens with zero attached hydrogens (tertiary/aromatic N) is 4. The average molecular weight is 650 g/mol. The molecule has 8 rings (SSSR count). The molecule has 0 aliphatic carbocycles. The van der Waals surface area contributed by atoms with Gasteiger partial charge in [-0.3, -0.25) is 9.59 Å². The minimum absolute atomic E-state index is 0.243. The number of carbonyl (C=O) groups excluding carboxylic acids is 2. The highest BCUT2D eigenvalue weighted by Crippen LogP contribution is 2.45. The number of oxazole rings is 1. The molecule has 1 spiro atoms. The quantitative estimate of drug-likeness (QED) is 0.219. The number of rotatable bonds is 5. The van der Waals surface area contributed by atoms with Crippen molar-refractivity contribution in [2.75, 3.05) is 48.0 Å². The van der Waals surface area contributed by atoms with E-state index in [1.807, 2.05) is 19.1 Å². The van der Waals surface area contributed by atoms with Crippen LogP contribution in [0.5, 0.6) is 0 Å². The SMILES string of the molecule is Cc1cnc(N2CC3(CCOCC3)C2)c(C(=O)Nc2ccc(C(=O)N3CCc4cc(-c5ncco5)sc4-c4ccc(F)cc43)cc2)c1. The van der Waals surface area contributed by atoms with Crippen molar-refractivity contribution in [1.82, 2.24) is 9.97 Å². The van der Waals surface area contributed by atoms with E-state index in [9.17, 15) is 14.0 Å². The van der Waals surface area contributed by atoms with Gasteiger partial charge in [0.05, 0.1) is 22.3 Å². The third-order valence-electron chi connectivity index (χ3n) is 9.34. The van der Waals surface area contributed by atoms with Crippen LogP contribution in [0.4, 0.5) is 21.6 Å². The van der Waals surface area contributed by atoms with Crippen LogP contribution in [0, 0.1) is 18.2 Å². The first-order valence-electron chi connectivity index (χ1n) is 15.7. The molecule has 0 radical (unpaired) electrons. The number of hydrogen-bond acceptors (Lipinski definition) is 8. The molecule has 11 heteroatoms. The number of pyridine rings is 1. The molecule has 2 amide bonds. The Morgan fingerprint density at radius 3 is 2.60 bits per heavy atom. The highest BCUT2D eigenvalue weighted by atomic mass is 32.1. The average Bonchev–Trinajstić information content (AvgIpc) is 3.73. The molecule has 3 aromatic heterocycles. The number of amides is 2. The van der Waals surface area contributed by atoms with Crippen molar-refractivity contribution in [3.63, 3.8) is 0 Å². The first kappa shape index (κ1) is 29.5. The van der Waals surface area contributed by atoms with Crippen molar-refractivity contribution in [3.05, 3.63) is 101 Å². The lowest BCUT2D eigenvalue weighted by atomic mass is 9.73. The Bertz CT molecular complexity index is 1980. The van der Waals surface area contributed by atoms with Crippen molar-refractivity contribution < 1.29 is 23.1 Å². The van der Waals surface area contributed by atoms with Gasteiger partial charge >= 0.3 is 0 Å². The smallest absolute Gasteiger partial charge is 0.259 e. The van der Waals surface area contributed by atoms with E-state index in [1.165, 1.54) is 29.7 Å². The van der Waals surface area contributed by atoms with Gasteiger partial charge in [-0.15, -0.1) is 11.3 Å². The van der Waals surface area contributed by atoms with Crippen molar-refractivity contribution in [2.45, 2.75) is 26.2 Å². The zero-order valence-electron chi connectivity index (χ0n) is 25.8. The van der Waals surface area contributed by atoms with Crippen LogP contribution in [0.1, 0.15) is 44.7 Å². The molecule has 47 heavy (non-hydrogen) atoms. The summed E-state index contributed by atoms with van der Waals surface area (Å²) >= 11 is 1.52. The third-order valence-corrected chi connectivity index (χ3v) is 10.5. The fourth-order valence-corrected chi connectivity index (χ4v) is 8.03. The Hall–Kier alpha value is -4.87. The summed E-state index contributed by atoms with van der Waals surface area (Å²) in [5.74, 6) is 0.299. The Kier molecular flexibility index (Phi) is 7.37. The molecule has 9 nitrogen and oxygen atoms in total. The number of anilines is 3. The summed E-state index contributed by atoms with van der Waals surface area (Å²) in [6.07, 6.45) is 7.57. The summed E-state index contributed by atoms with van der Waals surface area (Å²) in [7, 11) is 0. The van der Waals surface area contributed by atoms with Gasteiger partial charge in [0, 0.05) is 66.2 Å². The van der Waals surface area contributed by atoms with E-state index in [0.717, 1.165) is 65.6 Å². The maximum atomic E-state index is 14.6. The molecular weight excluding hydrogens is 617 g/mol. The number of aryl methyl sites for hydroxylation is 1. The molecular formula is C36H32FN5O4S. The predicted molar refractivity (Wildman–Crippen MR) is 179 cm³/mol. The van der Waals surface area contributed by atoms with E-state index < -0.39 is 5.82 Å². The number of halogens is 1. The molecule has 3 aliphatic heterocycles. The largest absolute Gasteiger partial charge is 0.444 e. The zero-order chi connectivity index (χ0) is 32.1. The van der Waals surface area contributed by atoms with Crippen molar-refractivity contribution in [1.29, 1.82) is 0 Å². The predicted octanol–water partition coefficient (Wildman–Crippen LogP) is 6.98. The van der Waals surface area contributed by atoms with Crippen LogP contribution in [0.15, 0.2) is 77.7 Å². The molecule has 6 heterocycles.